The minimum atomic E-state index is -1.10. The minimum Gasteiger partial charge on any atom is -0.466 e. The van der Waals surface area contributed by atoms with E-state index in [-0.39, 0.29) is 31.7 Å². The van der Waals surface area contributed by atoms with Crippen LogP contribution in [0.5, 0.6) is 0 Å². The third kappa shape index (κ3) is 5.52. The maximum absolute atomic E-state index is 13.5. The highest BCUT2D eigenvalue weighted by molar-refractivity contribution is 6.30. The molecule has 138 valence electrons. The van der Waals surface area contributed by atoms with Crippen LogP contribution >= 0.6 is 11.6 Å². The zero-order valence-corrected chi connectivity index (χ0v) is 14.9. The fraction of sp³-hybridized carbons (Fsp3) is 0.263. The van der Waals surface area contributed by atoms with Crippen molar-refractivity contribution in [3.63, 3.8) is 0 Å². The fourth-order valence-electron chi connectivity index (χ4n) is 2.33. The summed E-state index contributed by atoms with van der Waals surface area (Å²) < 4.78 is 31.4. The van der Waals surface area contributed by atoms with Crippen LogP contribution in [0, 0.1) is 11.6 Å². The summed E-state index contributed by atoms with van der Waals surface area (Å²) in [5.41, 5.74) is 0.788. The van der Waals surface area contributed by atoms with Gasteiger partial charge in [0.15, 0.2) is 11.6 Å². The van der Waals surface area contributed by atoms with Crippen LogP contribution in [0.25, 0.3) is 0 Å². The number of nitrogens with zero attached hydrogens (tertiary/aromatic N) is 1. The lowest BCUT2D eigenvalue weighted by Gasteiger charge is -2.23. The van der Waals surface area contributed by atoms with Crippen molar-refractivity contribution in [1.82, 2.24) is 4.90 Å². The lowest BCUT2D eigenvalue weighted by molar-refractivity contribution is -0.143. The number of amides is 1. The summed E-state index contributed by atoms with van der Waals surface area (Å²) in [7, 11) is 0. The molecule has 0 aromatic heterocycles. The smallest absolute Gasteiger partial charge is 0.307 e. The van der Waals surface area contributed by atoms with E-state index in [0.29, 0.717) is 5.02 Å². The number of hydrogen-bond acceptors (Lipinski definition) is 3. The van der Waals surface area contributed by atoms with E-state index in [1.807, 2.05) is 0 Å². The SMILES string of the molecule is CCOC(=O)CCN(Cc1ccc(Cl)cc1)C(=O)c1ccc(F)c(F)c1. The van der Waals surface area contributed by atoms with Gasteiger partial charge in [0, 0.05) is 23.7 Å². The molecular weight excluding hydrogens is 364 g/mol. The van der Waals surface area contributed by atoms with Crippen LogP contribution in [0.15, 0.2) is 42.5 Å². The molecule has 7 heteroatoms. The summed E-state index contributed by atoms with van der Waals surface area (Å²) in [5, 5.41) is 0.554. The van der Waals surface area contributed by atoms with E-state index in [9.17, 15) is 18.4 Å². The molecular formula is C19H18ClF2NO3. The molecule has 0 radical (unpaired) electrons. The molecule has 2 rings (SSSR count). The maximum Gasteiger partial charge on any atom is 0.307 e. The van der Waals surface area contributed by atoms with E-state index in [4.69, 9.17) is 16.3 Å². The Labute approximate surface area is 155 Å². The van der Waals surface area contributed by atoms with Gasteiger partial charge < -0.3 is 9.64 Å². The Bertz CT molecular complexity index is 781. The molecule has 26 heavy (non-hydrogen) atoms. The van der Waals surface area contributed by atoms with Gasteiger partial charge in [-0.05, 0) is 42.8 Å². The first-order valence-corrected chi connectivity index (χ1v) is 8.43. The van der Waals surface area contributed by atoms with E-state index in [0.717, 1.165) is 17.7 Å². The number of hydrogen-bond donors (Lipinski definition) is 0. The Morgan fingerprint density at radius 3 is 2.38 bits per heavy atom. The van der Waals surface area contributed by atoms with Crippen molar-refractivity contribution in [2.24, 2.45) is 0 Å². The van der Waals surface area contributed by atoms with Crippen molar-refractivity contribution in [1.29, 1.82) is 0 Å². The van der Waals surface area contributed by atoms with Gasteiger partial charge in [-0.3, -0.25) is 9.59 Å². The normalized spacial score (nSPS) is 10.5. The Morgan fingerprint density at radius 2 is 1.77 bits per heavy atom. The van der Waals surface area contributed by atoms with Crippen molar-refractivity contribution in [3.8, 4) is 0 Å². The van der Waals surface area contributed by atoms with Gasteiger partial charge in [0.2, 0.25) is 0 Å². The lowest BCUT2D eigenvalue weighted by Crippen LogP contribution is -2.33. The zero-order chi connectivity index (χ0) is 19.1. The number of esters is 1. The lowest BCUT2D eigenvalue weighted by atomic mass is 10.1. The molecule has 0 fully saturated rings. The molecule has 4 nitrogen and oxygen atoms in total. The number of benzene rings is 2. The van der Waals surface area contributed by atoms with Crippen LogP contribution in [-0.4, -0.2) is 29.9 Å². The number of halogens is 3. The predicted octanol–water partition coefficient (Wildman–Crippen LogP) is 4.21. The molecule has 0 N–H and O–H groups in total. The molecule has 0 saturated carbocycles. The molecule has 0 aliphatic heterocycles. The number of ether oxygens (including phenoxy) is 1. The van der Waals surface area contributed by atoms with E-state index < -0.39 is 23.5 Å². The Morgan fingerprint density at radius 1 is 1.08 bits per heavy atom. The average molecular weight is 382 g/mol. The minimum absolute atomic E-state index is 0.00159. The van der Waals surface area contributed by atoms with E-state index in [2.05, 4.69) is 0 Å². The molecule has 0 aliphatic rings. The van der Waals surface area contributed by atoms with Gasteiger partial charge in [-0.25, -0.2) is 8.78 Å². The molecule has 0 unspecified atom stereocenters. The van der Waals surface area contributed by atoms with Crippen LogP contribution in [-0.2, 0) is 16.1 Å². The predicted molar refractivity (Wildman–Crippen MR) is 93.8 cm³/mol. The first-order valence-electron chi connectivity index (χ1n) is 8.05. The van der Waals surface area contributed by atoms with Crippen molar-refractivity contribution in [2.75, 3.05) is 13.2 Å². The quantitative estimate of drug-likeness (QED) is 0.675. The molecule has 0 bridgehead atoms. The van der Waals surface area contributed by atoms with Crippen LogP contribution in [0.3, 0.4) is 0 Å². The molecule has 0 saturated heterocycles. The summed E-state index contributed by atoms with van der Waals surface area (Å²) in [6.45, 7) is 2.21. The van der Waals surface area contributed by atoms with Crippen molar-refractivity contribution < 1.29 is 23.1 Å². The molecule has 2 aromatic carbocycles. The number of rotatable bonds is 7. The Balaban J connectivity index is 2.19. The van der Waals surface area contributed by atoms with Gasteiger partial charge in [-0.2, -0.15) is 0 Å². The molecule has 0 spiro atoms. The van der Waals surface area contributed by atoms with E-state index in [1.54, 1.807) is 31.2 Å². The second kappa shape index (κ2) is 9.29. The van der Waals surface area contributed by atoms with Gasteiger partial charge in [-0.1, -0.05) is 23.7 Å². The van der Waals surface area contributed by atoms with E-state index >= 15 is 0 Å². The number of carbonyl (C=O) groups excluding carboxylic acids is 2. The van der Waals surface area contributed by atoms with Crippen molar-refractivity contribution in [3.05, 3.63) is 70.2 Å². The average Bonchev–Trinajstić information content (AvgIpc) is 2.62. The standard InChI is InChI=1S/C19H18ClF2NO3/c1-2-26-18(24)9-10-23(12-13-3-6-15(20)7-4-13)19(25)14-5-8-16(21)17(22)11-14/h3-8,11H,2,9-10,12H2,1H3. The van der Waals surface area contributed by atoms with E-state index in [1.165, 1.54) is 11.0 Å². The van der Waals surface area contributed by atoms with Crippen LogP contribution in [0.2, 0.25) is 5.02 Å². The zero-order valence-electron chi connectivity index (χ0n) is 14.2. The van der Waals surface area contributed by atoms with Crippen LogP contribution < -0.4 is 0 Å². The molecule has 0 aliphatic carbocycles. The molecule has 1 amide bonds. The Kier molecular flexibility index (Phi) is 7.09. The maximum atomic E-state index is 13.5. The molecule has 0 atom stereocenters. The fourth-order valence-corrected chi connectivity index (χ4v) is 2.46. The summed E-state index contributed by atoms with van der Waals surface area (Å²) >= 11 is 5.86. The van der Waals surface area contributed by atoms with Crippen molar-refractivity contribution in [2.45, 2.75) is 19.9 Å². The van der Waals surface area contributed by atoms with Crippen LogP contribution in [0.1, 0.15) is 29.3 Å². The highest BCUT2D eigenvalue weighted by atomic mass is 35.5. The second-order valence-corrected chi connectivity index (χ2v) is 5.97. The van der Waals surface area contributed by atoms with Gasteiger partial charge in [0.25, 0.3) is 5.91 Å². The third-order valence-electron chi connectivity index (χ3n) is 3.63. The number of carbonyl (C=O) groups is 2. The molecule has 2 aromatic rings. The topological polar surface area (TPSA) is 46.6 Å². The van der Waals surface area contributed by atoms with Gasteiger partial charge in [-0.15, -0.1) is 0 Å². The van der Waals surface area contributed by atoms with Gasteiger partial charge >= 0.3 is 5.97 Å². The van der Waals surface area contributed by atoms with Crippen molar-refractivity contribution >= 4 is 23.5 Å². The van der Waals surface area contributed by atoms with Crippen LogP contribution in [0.4, 0.5) is 8.78 Å². The summed E-state index contributed by atoms with van der Waals surface area (Å²) in [4.78, 5) is 25.7. The first kappa shape index (κ1) is 19.8. The first-order chi connectivity index (χ1) is 12.4. The monoisotopic (exact) mass is 381 g/mol. The second-order valence-electron chi connectivity index (χ2n) is 5.54. The largest absolute Gasteiger partial charge is 0.466 e. The highest BCUT2D eigenvalue weighted by Crippen LogP contribution is 2.16. The summed E-state index contributed by atoms with van der Waals surface area (Å²) in [6, 6.07) is 9.81. The van der Waals surface area contributed by atoms with Gasteiger partial charge in [0.05, 0.1) is 13.0 Å². The highest BCUT2D eigenvalue weighted by Gasteiger charge is 2.19. The summed E-state index contributed by atoms with van der Waals surface area (Å²) in [6.07, 6.45) is -0.00313. The third-order valence-corrected chi connectivity index (χ3v) is 3.88. The Hall–Kier alpha value is -2.47. The molecule has 0 heterocycles. The van der Waals surface area contributed by atoms with Gasteiger partial charge in [0.1, 0.15) is 0 Å². The summed E-state index contributed by atoms with van der Waals surface area (Å²) in [5.74, 6) is -3.08.